The van der Waals surface area contributed by atoms with E-state index in [-0.39, 0.29) is 69.6 Å². The van der Waals surface area contributed by atoms with E-state index < -0.39 is 0 Å². The normalized spacial score (nSPS) is 0. The minimum Gasteiger partial charge on any atom is 0 e. The van der Waals surface area contributed by atoms with Crippen molar-refractivity contribution in [2.24, 2.45) is 0 Å². The van der Waals surface area contributed by atoms with E-state index in [0.717, 1.165) is 0 Å². The fourth-order valence-electron chi connectivity index (χ4n) is 0. The summed E-state index contributed by atoms with van der Waals surface area (Å²) in [5.41, 5.74) is 0. The number of hydrogen-bond acceptors (Lipinski definition) is 0. The molecular formula is H3F2LiPr. The molecule has 0 heterocycles. The summed E-state index contributed by atoms with van der Waals surface area (Å²) in [5, 5.41) is 0. The molecular weight excluding hydrogens is 186 g/mol. The molecule has 0 saturated carbocycles. The molecule has 0 aliphatic heterocycles. The molecule has 0 nitrogen and oxygen atoms in total. The molecule has 0 atom stereocenters. The van der Waals surface area contributed by atoms with Crippen LogP contribution in [0.25, 0.3) is 0 Å². The van der Waals surface area contributed by atoms with Crippen LogP contribution in [0, 0.1) is 41.3 Å². The van der Waals surface area contributed by atoms with E-state index in [1.807, 2.05) is 0 Å². The first-order valence-electron chi connectivity index (χ1n) is 0. The summed E-state index contributed by atoms with van der Waals surface area (Å²) in [6.07, 6.45) is 0. The SMILES string of the molecule is F.F.[LiH].[Pr]. The summed E-state index contributed by atoms with van der Waals surface area (Å²) in [7, 11) is 0. The van der Waals surface area contributed by atoms with Crippen molar-refractivity contribution < 1.29 is 50.7 Å². The number of hydrogen-bond donors (Lipinski definition) is 0. The molecule has 4 heavy (non-hydrogen) atoms. The molecule has 21 valence electrons. The minimum atomic E-state index is 0. The van der Waals surface area contributed by atoms with Gasteiger partial charge in [0.1, 0.15) is 0 Å². The van der Waals surface area contributed by atoms with Crippen LogP contribution in [-0.4, -0.2) is 18.9 Å². The van der Waals surface area contributed by atoms with Crippen molar-refractivity contribution in [2.45, 2.75) is 0 Å². The van der Waals surface area contributed by atoms with Crippen molar-refractivity contribution in [2.75, 3.05) is 0 Å². The molecule has 0 aromatic heterocycles. The Balaban J connectivity index is 0. The Morgan fingerprint density at radius 2 is 0.750 bits per heavy atom. The third-order valence-electron chi connectivity index (χ3n) is 0. The van der Waals surface area contributed by atoms with Crippen LogP contribution >= 0.6 is 0 Å². The zero-order chi connectivity index (χ0) is 0. The molecule has 4 heteroatoms. The Morgan fingerprint density at radius 1 is 0.750 bits per heavy atom. The van der Waals surface area contributed by atoms with Crippen molar-refractivity contribution in [3.63, 3.8) is 0 Å². The van der Waals surface area contributed by atoms with Crippen LogP contribution in [0.2, 0.25) is 0 Å². The van der Waals surface area contributed by atoms with E-state index in [2.05, 4.69) is 0 Å². The Hall–Kier alpha value is 1.82. The molecule has 0 fully saturated rings. The van der Waals surface area contributed by atoms with Crippen molar-refractivity contribution in [1.29, 1.82) is 0 Å². The second kappa shape index (κ2) is 21.2. The van der Waals surface area contributed by atoms with E-state index >= 15 is 0 Å². The number of rotatable bonds is 0. The zero-order valence-electron chi connectivity index (χ0n) is 1.39. The molecule has 0 unspecified atom stereocenters. The first-order chi connectivity index (χ1) is 0. The van der Waals surface area contributed by atoms with Crippen molar-refractivity contribution in [3.05, 3.63) is 0 Å². The molecule has 0 aliphatic carbocycles. The van der Waals surface area contributed by atoms with Crippen LogP contribution in [0.5, 0.6) is 0 Å². The maximum Gasteiger partial charge on any atom is 0 e. The summed E-state index contributed by atoms with van der Waals surface area (Å²) in [4.78, 5) is 0. The maximum atomic E-state index is 0. The van der Waals surface area contributed by atoms with Gasteiger partial charge in [-0.3, -0.25) is 9.41 Å². The van der Waals surface area contributed by atoms with E-state index in [4.69, 9.17) is 0 Å². The van der Waals surface area contributed by atoms with Crippen molar-refractivity contribution in [1.82, 2.24) is 0 Å². The molecule has 0 aromatic carbocycles. The Labute approximate surface area is 68.6 Å². The van der Waals surface area contributed by atoms with Crippen LogP contribution in [0.3, 0.4) is 0 Å². The van der Waals surface area contributed by atoms with Gasteiger partial charge in [-0.15, -0.1) is 0 Å². The molecule has 0 aliphatic rings. The predicted octanol–water partition coefficient (Wildman–Crippen LogP) is -0.343. The minimum absolute atomic E-state index is 0. The summed E-state index contributed by atoms with van der Waals surface area (Å²) >= 11 is 0. The molecule has 0 saturated heterocycles. The van der Waals surface area contributed by atoms with Gasteiger partial charge in [0.25, 0.3) is 0 Å². The third kappa shape index (κ3) is 9.17. The molecule has 0 bridgehead atoms. The summed E-state index contributed by atoms with van der Waals surface area (Å²) < 4.78 is 0. The molecule has 0 N–H and O–H groups in total. The molecule has 0 amide bonds. The zero-order valence-corrected chi connectivity index (χ0v) is 5.10. The summed E-state index contributed by atoms with van der Waals surface area (Å²) in [5.74, 6) is 0. The monoisotopic (exact) mass is 189 g/mol. The molecule has 0 spiro atoms. The second-order valence-corrected chi connectivity index (χ2v) is 0. The van der Waals surface area contributed by atoms with E-state index in [1.165, 1.54) is 0 Å². The van der Waals surface area contributed by atoms with Gasteiger partial charge >= 0.3 is 18.9 Å². The van der Waals surface area contributed by atoms with Gasteiger partial charge < -0.3 is 0 Å². The summed E-state index contributed by atoms with van der Waals surface area (Å²) in [6.45, 7) is 0. The van der Waals surface area contributed by atoms with Crippen LogP contribution in [-0.2, 0) is 0 Å². The van der Waals surface area contributed by atoms with E-state index in [0.29, 0.717) is 0 Å². The molecule has 0 rings (SSSR count). The van der Waals surface area contributed by atoms with Gasteiger partial charge in [0, 0.05) is 41.3 Å². The van der Waals surface area contributed by atoms with E-state index in [9.17, 15) is 0 Å². The topological polar surface area (TPSA) is 0 Å². The molecule has 1 radical (unpaired) electrons. The Morgan fingerprint density at radius 3 is 0.750 bits per heavy atom. The second-order valence-electron chi connectivity index (χ2n) is 0. The largest absolute Gasteiger partial charge is 0 e. The first-order valence-corrected chi connectivity index (χ1v) is 0. The average Bonchev–Trinajstić information content (AvgIpc) is 0. The van der Waals surface area contributed by atoms with Gasteiger partial charge in [-0.2, -0.15) is 0 Å². The molecule has 0 aromatic rings. The maximum absolute atomic E-state index is 0. The van der Waals surface area contributed by atoms with Gasteiger partial charge in [0.15, 0.2) is 0 Å². The van der Waals surface area contributed by atoms with Crippen LogP contribution in [0.15, 0.2) is 0 Å². The van der Waals surface area contributed by atoms with Crippen LogP contribution in [0.1, 0.15) is 0 Å². The van der Waals surface area contributed by atoms with Crippen molar-refractivity contribution in [3.8, 4) is 0 Å². The van der Waals surface area contributed by atoms with Crippen molar-refractivity contribution >= 4 is 18.9 Å². The van der Waals surface area contributed by atoms with Gasteiger partial charge in [0.05, 0.1) is 0 Å². The van der Waals surface area contributed by atoms with E-state index in [1.54, 1.807) is 0 Å². The fraction of sp³-hybridized carbons (Fsp3) is 0. The van der Waals surface area contributed by atoms with Crippen LogP contribution < -0.4 is 0 Å². The van der Waals surface area contributed by atoms with Crippen LogP contribution in [0.4, 0.5) is 9.41 Å². The fourth-order valence-corrected chi connectivity index (χ4v) is 0. The standard InChI is InChI=1S/2FH.Li.Pr.H/h2*1H;;;. The van der Waals surface area contributed by atoms with Gasteiger partial charge in [-0.25, -0.2) is 0 Å². The Kier molecular flexibility index (Phi) is 216. The van der Waals surface area contributed by atoms with Gasteiger partial charge in [0.2, 0.25) is 0 Å². The van der Waals surface area contributed by atoms with Gasteiger partial charge in [-0.1, -0.05) is 0 Å². The number of halogens is 2. The first kappa shape index (κ1) is 40.8. The quantitative estimate of drug-likeness (QED) is 0.457. The smallest absolute Gasteiger partial charge is 0 e. The predicted molar refractivity (Wildman–Crippen MR) is 12.2 cm³/mol. The third-order valence-corrected chi connectivity index (χ3v) is 0. The van der Waals surface area contributed by atoms with Gasteiger partial charge in [-0.05, 0) is 0 Å². The average molecular weight is 189 g/mol. The Bertz CT molecular complexity index is 6.00. The summed E-state index contributed by atoms with van der Waals surface area (Å²) in [6, 6.07) is 0.